The minimum Gasteiger partial charge on any atom is -0.383 e. The van der Waals surface area contributed by atoms with Gasteiger partial charge in [0.25, 0.3) is 0 Å². The van der Waals surface area contributed by atoms with Gasteiger partial charge in [-0.3, -0.25) is 4.79 Å². The molecule has 0 bridgehead atoms. The molecule has 0 spiro atoms. The Hall–Kier alpha value is -4.37. The summed E-state index contributed by atoms with van der Waals surface area (Å²) in [6, 6.07) is 7.69. The van der Waals surface area contributed by atoms with Gasteiger partial charge < -0.3 is 10.6 Å². The zero-order valence-electron chi connectivity index (χ0n) is 22.0. The number of aromatic nitrogens is 4. The average Bonchev–Trinajstić information content (AvgIpc) is 3.36. The van der Waals surface area contributed by atoms with Gasteiger partial charge in [-0.1, -0.05) is 30.8 Å². The van der Waals surface area contributed by atoms with Gasteiger partial charge in [0.15, 0.2) is 5.65 Å². The van der Waals surface area contributed by atoms with E-state index in [9.17, 15) is 30.8 Å². The molecule has 5 rings (SSSR count). The lowest BCUT2D eigenvalue weighted by molar-refractivity contribution is -0.137. The van der Waals surface area contributed by atoms with Crippen LogP contribution in [0.25, 0.3) is 22.3 Å². The molecule has 15 heteroatoms. The molecule has 42 heavy (non-hydrogen) atoms. The lowest BCUT2D eigenvalue weighted by Crippen LogP contribution is -2.40. The number of rotatable bonds is 7. The number of benzene rings is 2. The summed E-state index contributed by atoms with van der Waals surface area (Å²) in [5, 5.41) is 5.31. The molecular weight excluding hydrogens is 578 g/mol. The van der Waals surface area contributed by atoms with Crippen molar-refractivity contribution in [3.8, 4) is 11.3 Å². The van der Waals surface area contributed by atoms with Crippen molar-refractivity contribution in [2.75, 3.05) is 18.8 Å². The lowest BCUT2D eigenvalue weighted by atomic mass is 10.1. The van der Waals surface area contributed by atoms with Crippen LogP contribution in [0, 0.1) is 5.82 Å². The molecule has 0 aliphatic carbocycles. The van der Waals surface area contributed by atoms with Gasteiger partial charge in [0.1, 0.15) is 28.6 Å². The van der Waals surface area contributed by atoms with Crippen LogP contribution in [0.3, 0.4) is 0 Å². The highest BCUT2D eigenvalue weighted by Gasteiger charge is 2.33. The molecule has 0 saturated carbocycles. The number of nitrogens with zero attached hydrogens (tertiary/aromatic N) is 5. The van der Waals surface area contributed by atoms with Crippen molar-refractivity contribution in [3.05, 3.63) is 78.4 Å². The molecule has 1 unspecified atom stereocenters. The number of nitrogens with one attached hydrogen (secondary N) is 1. The van der Waals surface area contributed by atoms with Gasteiger partial charge in [-0.15, -0.1) is 0 Å². The van der Waals surface area contributed by atoms with E-state index in [1.807, 2.05) is 0 Å². The average molecular weight is 604 g/mol. The summed E-state index contributed by atoms with van der Waals surface area (Å²) in [7, 11) is -4.45. The Morgan fingerprint density at radius 1 is 1.17 bits per heavy atom. The Morgan fingerprint density at radius 2 is 1.90 bits per heavy atom. The molecule has 3 N–H and O–H groups in total. The van der Waals surface area contributed by atoms with Gasteiger partial charge in [0.2, 0.25) is 15.9 Å². The third-order valence-electron chi connectivity index (χ3n) is 6.99. The second-order valence-electron chi connectivity index (χ2n) is 9.70. The highest BCUT2D eigenvalue weighted by molar-refractivity contribution is 7.89. The van der Waals surface area contributed by atoms with Gasteiger partial charge in [0, 0.05) is 25.2 Å². The van der Waals surface area contributed by atoms with Crippen molar-refractivity contribution >= 4 is 32.8 Å². The fourth-order valence-electron chi connectivity index (χ4n) is 4.87. The van der Waals surface area contributed by atoms with E-state index in [2.05, 4.69) is 21.3 Å². The van der Waals surface area contributed by atoms with Crippen LogP contribution >= 0.6 is 0 Å². The number of sulfonamides is 1. The minimum atomic E-state index is -4.81. The topological polar surface area (TPSA) is 136 Å². The van der Waals surface area contributed by atoms with E-state index >= 15 is 0 Å². The van der Waals surface area contributed by atoms with Gasteiger partial charge in [-0.05, 0) is 42.7 Å². The molecule has 0 radical (unpaired) electrons. The maximum absolute atomic E-state index is 14.2. The van der Waals surface area contributed by atoms with E-state index < -0.39 is 32.5 Å². The number of nitrogen functional groups attached to an aromatic ring is 1. The van der Waals surface area contributed by atoms with Crippen LogP contribution in [0.15, 0.2) is 66.3 Å². The molecule has 3 heterocycles. The molecule has 1 amide bonds. The van der Waals surface area contributed by atoms with Gasteiger partial charge in [0.05, 0.1) is 17.0 Å². The Morgan fingerprint density at radius 3 is 2.57 bits per heavy atom. The molecule has 1 saturated heterocycles. The number of piperidine rings is 1. The monoisotopic (exact) mass is 603 g/mol. The highest BCUT2D eigenvalue weighted by atomic mass is 32.2. The second kappa shape index (κ2) is 11.1. The van der Waals surface area contributed by atoms with Crippen molar-refractivity contribution in [2.45, 2.75) is 36.5 Å². The predicted molar refractivity (Wildman–Crippen MR) is 146 cm³/mol. The highest BCUT2D eigenvalue weighted by Crippen LogP contribution is 2.34. The molecule has 10 nitrogen and oxygen atoms in total. The fourth-order valence-corrected chi connectivity index (χ4v) is 5.94. The van der Waals surface area contributed by atoms with E-state index in [-0.39, 0.29) is 30.4 Å². The number of nitrogens with two attached hydrogens (primary N) is 1. The van der Waals surface area contributed by atoms with Gasteiger partial charge >= 0.3 is 6.18 Å². The Bertz CT molecular complexity index is 1770. The largest absolute Gasteiger partial charge is 0.416 e. The van der Waals surface area contributed by atoms with Crippen molar-refractivity contribution in [1.29, 1.82) is 0 Å². The van der Waals surface area contributed by atoms with E-state index in [0.29, 0.717) is 53.1 Å². The van der Waals surface area contributed by atoms with Crippen molar-refractivity contribution in [2.24, 2.45) is 0 Å². The van der Waals surface area contributed by atoms with Crippen LogP contribution in [0.4, 0.5) is 23.4 Å². The third-order valence-corrected chi connectivity index (χ3v) is 8.42. The molecule has 220 valence electrons. The number of alkyl halides is 3. The van der Waals surface area contributed by atoms with Crippen LogP contribution in [-0.2, 0) is 27.5 Å². The Labute approximate surface area is 237 Å². The zero-order valence-corrected chi connectivity index (χ0v) is 22.8. The Balaban J connectivity index is 1.38. The van der Waals surface area contributed by atoms with Crippen molar-refractivity contribution in [3.63, 3.8) is 0 Å². The lowest BCUT2D eigenvalue weighted by Gasteiger charge is -2.32. The fraction of sp³-hybridized carbons (Fsp3) is 0.259. The van der Waals surface area contributed by atoms with E-state index in [0.717, 1.165) is 12.8 Å². The summed E-state index contributed by atoms with van der Waals surface area (Å²) in [4.78, 5) is 21.5. The Kier molecular flexibility index (Phi) is 7.72. The standard InChI is InChI=1S/C27H25F4N7O3S/c1-2-22(39)37-11-3-4-19(14-37)38-26-23(25(32)33-15-34-26)24(36-38)17-7-5-16(6-8-17)13-35-42(40,41)21-10-9-18(12-20(21)28)27(29,30)31/h2,5-10,12,15,19,35H,1,3-4,11,13-14H2,(H2,32,33,34). The van der Waals surface area contributed by atoms with Crippen LogP contribution in [0.2, 0.25) is 0 Å². The summed E-state index contributed by atoms with van der Waals surface area (Å²) < 4.78 is 81.8. The molecule has 1 aliphatic rings. The van der Waals surface area contributed by atoms with E-state index in [1.165, 1.54) is 12.4 Å². The van der Waals surface area contributed by atoms with Crippen LogP contribution in [0.5, 0.6) is 0 Å². The first-order valence-electron chi connectivity index (χ1n) is 12.7. The number of carbonyl (C=O) groups excluding carboxylic acids is 1. The molecule has 1 atom stereocenters. The minimum absolute atomic E-state index is 0.143. The maximum Gasteiger partial charge on any atom is 0.416 e. The summed E-state index contributed by atoms with van der Waals surface area (Å²) in [6.45, 7) is 4.34. The predicted octanol–water partition coefficient (Wildman–Crippen LogP) is 4.06. The second-order valence-corrected chi connectivity index (χ2v) is 11.4. The molecular formula is C27H25F4N7O3S. The number of hydrogen-bond acceptors (Lipinski definition) is 7. The molecule has 1 fully saturated rings. The molecule has 2 aromatic heterocycles. The van der Waals surface area contributed by atoms with Crippen LogP contribution < -0.4 is 10.5 Å². The number of carbonyl (C=O) groups is 1. The van der Waals surface area contributed by atoms with Gasteiger partial charge in [-0.25, -0.2) is 32.2 Å². The number of fused-ring (bicyclic) bond motifs is 1. The van der Waals surface area contributed by atoms with Gasteiger partial charge in [-0.2, -0.15) is 18.3 Å². The zero-order chi connectivity index (χ0) is 30.2. The summed E-state index contributed by atoms with van der Waals surface area (Å²) in [5.41, 5.74) is 7.05. The molecule has 1 aliphatic heterocycles. The first-order chi connectivity index (χ1) is 19.9. The first kappa shape index (κ1) is 29.1. The number of anilines is 1. The third kappa shape index (κ3) is 5.69. The van der Waals surface area contributed by atoms with E-state index in [4.69, 9.17) is 10.8 Å². The van der Waals surface area contributed by atoms with Crippen molar-refractivity contribution in [1.82, 2.24) is 29.4 Å². The SMILES string of the molecule is C=CC(=O)N1CCCC(n2nc(-c3ccc(CNS(=O)(=O)c4ccc(C(F)(F)F)cc4F)cc3)c3c(N)ncnc32)C1. The number of likely N-dealkylation sites (tertiary alicyclic amines) is 1. The smallest absolute Gasteiger partial charge is 0.383 e. The first-order valence-corrected chi connectivity index (χ1v) is 14.2. The van der Waals surface area contributed by atoms with E-state index in [1.54, 1.807) is 33.8 Å². The van der Waals surface area contributed by atoms with Crippen LogP contribution in [-0.4, -0.2) is 52.1 Å². The molecule has 4 aromatic rings. The summed E-state index contributed by atoms with van der Waals surface area (Å²) >= 11 is 0. The molecule has 2 aromatic carbocycles. The summed E-state index contributed by atoms with van der Waals surface area (Å²) in [5.74, 6) is -1.46. The quantitative estimate of drug-likeness (QED) is 0.240. The number of amides is 1. The maximum atomic E-state index is 14.2. The summed E-state index contributed by atoms with van der Waals surface area (Å²) in [6.07, 6.45) is -0.666. The van der Waals surface area contributed by atoms with Crippen LogP contribution in [0.1, 0.15) is 30.0 Å². The van der Waals surface area contributed by atoms with Crippen molar-refractivity contribution < 1.29 is 30.8 Å². The number of hydrogen-bond donors (Lipinski definition) is 2. The normalized spacial score (nSPS) is 16.1. The number of halogens is 4.